The van der Waals surface area contributed by atoms with Gasteiger partial charge in [0.1, 0.15) is 0 Å². The Labute approximate surface area is 64.0 Å². The molecule has 2 bridgehead atoms. The van der Waals surface area contributed by atoms with E-state index >= 15 is 0 Å². The molecule has 2 rings (SSSR count). The highest BCUT2D eigenvalue weighted by molar-refractivity contribution is 5.01. The average molecular weight is 138 g/mol. The zero-order valence-electron chi connectivity index (χ0n) is 7.41. The minimum Gasteiger partial charge on any atom is -0.0596 e. The van der Waals surface area contributed by atoms with E-state index in [1.807, 2.05) is 0 Å². The normalized spacial score (nSPS) is 50.1. The van der Waals surface area contributed by atoms with Crippen LogP contribution in [0, 0.1) is 16.7 Å². The lowest BCUT2D eigenvalue weighted by Gasteiger charge is -2.32. The van der Waals surface area contributed by atoms with Gasteiger partial charge in [-0.05, 0) is 42.4 Å². The van der Waals surface area contributed by atoms with Gasteiger partial charge in [-0.1, -0.05) is 20.8 Å². The van der Waals surface area contributed by atoms with E-state index in [2.05, 4.69) is 20.8 Å². The van der Waals surface area contributed by atoms with Crippen molar-refractivity contribution in [3.05, 3.63) is 0 Å². The summed E-state index contributed by atoms with van der Waals surface area (Å²) >= 11 is 0. The summed E-state index contributed by atoms with van der Waals surface area (Å²) in [6.07, 6.45) is 6.00. The first kappa shape index (κ1) is 6.69. The Bertz CT molecular complexity index is 155. The molecule has 0 saturated heterocycles. The van der Waals surface area contributed by atoms with Crippen LogP contribution in [0.5, 0.6) is 0 Å². The first-order chi connectivity index (χ1) is 4.52. The van der Waals surface area contributed by atoms with Gasteiger partial charge in [-0.15, -0.1) is 0 Å². The smallest absolute Gasteiger partial charge is 0.0318 e. The molecule has 0 heterocycles. The van der Waals surface area contributed by atoms with Crippen molar-refractivity contribution in [1.29, 1.82) is 0 Å². The highest BCUT2D eigenvalue weighted by Crippen LogP contribution is 2.62. The molecular formula is C10H18. The standard InChI is InChI=1S/C10H18/c1-9(2)7-10(3)5-4-8(9)6-10/h8H,4-7H2,1-3H3/t8?,10-/m0/s1. The van der Waals surface area contributed by atoms with Gasteiger partial charge < -0.3 is 0 Å². The quantitative estimate of drug-likeness (QED) is 0.482. The van der Waals surface area contributed by atoms with E-state index in [1.165, 1.54) is 25.7 Å². The molecule has 0 aromatic heterocycles. The molecule has 0 N–H and O–H groups in total. The van der Waals surface area contributed by atoms with Crippen molar-refractivity contribution < 1.29 is 0 Å². The lowest BCUT2D eigenvalue weighted by Crippen LogP contribution is -2.22. The number of rotatable bonds is 0. The van der Waals surface area contributed by atoms with Crippen LogP contribution >= 0.6 is 0 Å². The van der Waals surface area contributed by atoms with E-state index in [-0.39, 0.29) is 0 Å². The highest BCUT2D eigenvalue weighted by atomic mass is 14.6. The molecule has 0 aromatic rings. The summed E-state index contributed by atoms with van der Waals surface area (Å²) in [4.78, 5) is 0. The van der Waals surface area contributed by atoms with Crippen LogP contribution in [0.15, 0.2) is 0 Å². The fourth-order valence-corrected chi connectivity index (χ4v) is 3.39. The van der Waals surface area contributed by atoms with Gasteiger partial charge in [-0.25, -0.2) is 0 Å². The lowest BCUT2D eigenvalue weighted by atomic mass is 9.73. The fourth-order valence-electron chi connectivity index (χ4n) is 3.39. The Morgan fingerprint density at radius 3 is 2.10 bits per heavy atom. The zero-order valence-corrected chi connectivity index (χ0v) is 7.41. The summed E-state index contributed by atoms with van der Waals surface area (Å²) in [5.74, 6) is 1.05. The Hall–Kier alpha value is 0. The van der Waals surface area contributed by atoms with Crippen molar-refractivity contribution in [2.75, 3.05) is 0 Å². The van der Waals surface area contributed by atoms with Gasteiger partial charge in [0.15, 0.2) is 0 Å². The summed E-state index contributed by atoms with van der Waals surface area (Å²) in [5.41, 5.74) is 1.42. The lowest BCUT2D eigenvalue weighted by molar-refractivity contribution is 0.182. The average Bonchev–Trinajstić information content (AvgIpc) is 2.16. The molecule has 0 aromatic carbocycles. The maximum atomic E-state index is 2.47. The molecule has 2 saturated carbocycles. The van der Waals surface area contributed by atoms with Crippen molar-refractivity contribution in [3.8, 4) is 0 Å². The van der Waals surface area contributed by atoms with E-state index in [1.54, 1.807) is 0 Å². The van der Waals surface area contributed by atoms with Gasteiger partial charge in [-0.3, -0.25) is 0 Å². The molecule has 0 heteroatoms. The Morgan fingerprint density at radius 2 is 1.90 bits per heavy atom. The molecule has 58 valence electrons. The molecular weight excluding hydrogens is 120 g/mol. The van der Waals surface area contributed by atoms with Crippen LogP contribution in [-0.4, -0.2) is 0 Å². The van der Waals surface area contributed by atoms with Crippen molar-refractivity contribution in [1.82, 2.24) is 0 Å². The molecule has 2 aliphatic rings. The van der Waals surface area contributed by atoms with E-state index in [0.717, 1.165) is 11.3 Å². The minimum atomic E-state index is 0.674. The van der Waals surface area contributed by atoms with Crippen molar-refractivity contribution in [2.45, 2.75) is 46.5 Å². The molecule has 2 fully saturated rings. The minimum absolute atomic E-state index is 0.674. The first-order valence-corrected chi connectivity index (χ1v) is 4.52. The maximum absolute atomic E-state index is 2.47. The maximum Gasteiger partial charge on any atom is -0.0318 e. The van der Waals surface area contributed by atoms with Gasteiger partial charge in [0, 0.05) is 0 Å². The number of fused-ring (bicyclic) bond motifs is 2. The van der Waals surface area contributed by atoms with Crippen LogP contribution in [0.3, 0.4) is 0 Å². The second-order valence-electron chi connectivity index (χ2n) is 5.42. The number of hydrogen-bond donors (Lipinski definition) is 0. The van der Waals surface area contributed by atoms with Gasteiger partial charge in [0.05, 0.1) is 0 Å². The second kappa shape index (κ2) is 1.60. The molecule has 0 nitrogen and oxygen atoms in total. The Balaban J connectivity index is 2.25. The van der Waals surface area contributed by atoms with Crippen molar-refractivity contribution in [3.63, 3.8) is 0 Å². The molecule has 0 spiro atoms. The van der Waals surface area contributed by atoms with Crippen LogP contribution in [0.25, 0.3) is 0 Å². The summed E-state index contributed by atoms with van der Waals surface area (Å²) in [5, 5.41) is 0. The number of hydrogen-bond acceptors (Lipinski definition) is 0. The predicted octanol–water partition coefficient (Wildman–Crippen LogP) is 3.22. The van der Waals surface area contributed by atoms with Crippen molar-refractivity contribution in [2.24, 2.45) is 16.7 Å². The van der Waals surface area contributed by atoms with E-state index in [4.69, 9.17) is 0 Å². The third-order valence-corrected chi connectivity index (χ3v) is 3.82. The predicted molar refractivity (Wildman–Crippen MR) is 43.8 cm³/mol. The molecule has 0 radical (unpaired) electrons. The third-order valence-electron chi connectivity index (χ3n) is 3.82. The summed E-state index contributed by atoms with van der Waals surface area (Å²) in [6, 6.07) is 0. The summed E-state index contributed by atoms with van der Waals surface area (Å²) in [7, 11) is 0. The molecule has 10 heavy (non-hydrogen) atoms. The topological polar surface area (TPSA) is 0 Å². The molecule has 0 aliphatic heterocycles. The van der Waals surface area contributed by atoms with Crippen LogP contribution in [0.1, 0.15) is 46.5 Å². The van der Waals surface area contributed by atoms with Crippen LogP contribution in [0.2, 0.25) is 0 Å². The van der Waals surface area contributed by atoms with E-state index in [9.17, 15) is 0 Å². The highest BCUT2D eigenvalue weighted by Gasteiger charge is 2.51. The monoisotopic (exact) mass is 138 g/mol. The van der Waals surface area contributed by atoms with Crippen molar-refractivity contribution >= 4 is 0 Å². The molecule has 0 amide bonds. The van der Waals surface area contributed by atoms with Gasteiger partial charge in [-0.2, -0.15) is 0 Å². The first-order valence-electron chi connectivity index (χ1n) is 4.52. The zero-order chi connectivity index (χ0) is 7.41. The third kappa shape index (κ3) is 0.741. The van der Waals surface area contributed by atoms with E-state index in [0.29, 0.717) is 5.41 Å². The second-order valence-corrected chi connectivity index (χ2v) is 5.42. The molecule has 2 atom stereocenters. The van der Waals surface area contributed by atoms with Crippen LogP contribution in [-0.2, 0) is 0 Å². The Kier molecular flexibility index (Phi) is 1.07. The van der Waals surface area contributed by atoms with Crippen LogP contribution < -0.4 is 0 Å². The van der Waals surface area contributed by atoms with Gasteiger partial charge in [0.25, 0.3) is 0 Å². The SMILES string of the molecule is CC1(C)C[C@@]2(C)CCC1C2. The van der Waals surface area contributed by atoms with E-state index < -0.39 is 0 Å². The Morgan fingerprint density at radius 1 is 1.20 bits per heavy atom. The molecule has 2 aliphatic carbocycles. The molecule has 1 unspecified atom stereocenters. The largest absolute Gasteiger partial charge is 0.0596 e. The summed E-state index contributed by atoms with van der Waals surface area (Å²) in [6.45, 7) is 7.37. The van der Waals surface area contributed by atoms with Gasteiger partial charge in [0.2, 0.25) is 0 Å². The van der Waals surface area contributed by atoms with Gasteiger partial charge >= 0.3 is 0 Å². The fraction of sp³-hybridized carbons (Fsp3) is 1.00. The summed E-state index contributed by atoms with van der Waals surface area (Å²) < 4.78 is 0. The van der Waals surface area contributed by atoms with Crippen LogP contribution in [0.4, 0.5) is 0 Å².